The highest BCUT2D eigenvalue weighted by atomic mass is 32.1. The van der Waals surface area contributed by atoms with Crippen LogP contribution in [0.5, 0.6) is 5.75 Å². The van der Waals surface area contributed by atoms with Crippen LogP contribution in [-0.2, 0) is 9.53 Å². The van der Waals surface area contributed by atoms with Crippen molar-refractivity contribution in [2.75, 3.05) is 30.9 Å². The predicted octanol–water partition coefficient (Wildman–Crippen LogP) is 4.43. The van der Waals surface area contributed by atoms with Crippen molar-refractivity contribution in [2.24, 2.45) is 0 Å². The van der Waals surface area contributed by atoms with Crippen molar-refractivity contribution >= 4 is 40.7 Å². The molecular weight excluding hydrogens is 440 g/mol. The summed E-state index contributed by atoms with van der Waals surface area (Å²) in [7, 11) is 1.36. The van der Waals surface area contributed by atoms with Crippen LogP contribution in [0.1, 0.15) is 32.4 Å². The van der Waals surface area contributed by atoms with Crippen molar-refractivity contribution in [1.82, 2.24) is 10.2 Å². The zero-order valence-electron chi connectivity index (χ0n) is 19.1. The second-order valence-electron chi connectivity index (χ2n) is 7.25. The molecule has 0 radical (unpaired) electrons. The number of nitrogens with zero attached hydrogens (tertiary/aromatic N) is 1. The lowest BCUT2D eigenvalue weighted by molar-refractivity contribution is -0.136. The number of thiocarbonyl (C=S) groups is 1. The van der Waals surface area contributed by atoms with Crippen molar-refractivity contribution in [2.45, 2.75) is 26.8 Å². The molecule has 174 valence electrons. The van der Waals surface area contributed by atoms with E-state index in [1.807, 2.05) is 49.9 Å². The van der Waals surface area contributed by atoms with E-state index in [0.717, 1.165) is 11.3 Å². The Morgan fingerprint density at radius 3 is 2.42 bits per heavy atom. The quantitative estimate of drug-likeness (QED) is 0.409. The van der Waals surface area contributed by atoms with Crippen LogP contribution in [0.15, 0.2) is 59.8 Å². The lowest BCUT2D eigenvalue weighted by Crippen LogP contribution is -2.47. The van der Waals surface area contributed by atoms with Gasteiger partial charge >= 0.3 is 12.0 Å². The van der Waals surface area contributed by atoms with Gasteiger partial charge in [-0.25, -0.2) is 9.59 Å². The van der Waals surface area contributed by atoms with E-state index in [9.17, 15) is 9.59 Å². The molecule has 0 spiro atoms. The number of allylic oxidation sites excluding steroid dienone is 1. The van der Waals surface area contributed by atoms with Crippen molar-refractivity contribution in [3.63, 3.8) is 0 Å². The maximum absolute atomic E-state index is 12.5. The first kappa shape index (κ1) is 24.1. The number of carbonyl (C=O) groups is 2. The summed E-state index contributed by atoms with van der Waals surface area (Å²) < 4.78 is 10.6. The zero-order chi connectivity index (χ0) is 24.0. The summed E-state index contributed by atoms with van der Waals surface area (Å²) >= 11 is 5.48. The first-order valence-corrected chi connectivity index (χ1v) is 11.1. The van der Waals surface area contributed by atoms with Gasteiger partial charge in [-0.1, -0.05) is 24.3 Å². The molecule has 1 aliphatic heterocycles. The lowest BCUT2D eigenvalue weighted by atomic mass is 9.95. The van der Waals surface area contributed by atoms with Gasteiger partial charge in [0.05, 0.1) is 31.0 Å². The van der Waals surface area contributed by atoms with E-state index in [4.69, 9.17) is 21.7 Å². The fourth-order valence-electron chi connectivity index (χ4n) is 3.68. The minimum Gasteiger partial charge on any atom is -0.492 e. The predicted molar refractivity (Wildman–Crippen MR) is 132 cm³/mol. The highest BCUT2D eigenvalue weighted by molar-refractivity contribution is 7.80. The second kappa shape index (κ2) is 10.8. The number of esters is 1. The van der Waals surface area contributed by atoms with E-state index in [0.29, 0.717) is 41.0 Å². The third kappa shape index (κ3) is 5.43. The van der Waals surface area contributed by atoms with Gasteiger partial charge in [0.2, 0.25) is 0 Å². The fourth-order valence-corrected chi connectivity index (χ4v) is 4.07. The summed E-state index contributed by atoms with van der Waals surface area (Å²) in [6.45, 7) is 6.84. The Bertz CT molecular complexity index is 1070. The van der Waals surface area contributed by atoms with E-state index in [-0.39, 0.29) is 0 Å². The van der Waals surface area contributed by atoms with E-state index in [2.05, 4.69) is 16.0 Å². The first-order valence-electron chi connectivity index (χ1n) is 10.7. The number of nitrogens with one attached hydrogen (secondary N) is 3. The van der Waals surface area contributed by atoms with E-state index < -0.39 is 18.0 Å². The van der Waals surface area contributed by atoms with Crippen molar-refractivity contribution in [3.8, 4) is 5.75 Å². The number of urea groups is 1. The minimum absolute atomic E-state index is 0.392. The Morgan fingerprint density at radius 2 is 1.79 bits per heavy atom. The number of ether oxygens (including phenoxy) is 2. The Balaban J connectivity index is 1.77. The Labute approximate surface area is 198 Å². The number of rotatable bonds is 7. The zero-order valence-corrected chi connectivity index (χ0v) is 19.9. The maximum atomic E-state index is 12.5. The van der Waals surface area contributed by atoms with Gasteiger partial charge in [-0.2, -0.15) is 0 Å². The van der Waals surface area contributed by atoms with Crippen LogP contribution in [-0.4, -0.2) is 42.3 Å². The molecule has 33 heavy (non-hydrogen) atoms. The number of carbonyl (C=O) groups excluding carboxylic acids is 2. The van der Waals surface area contributed by atoms with Crippen molar-refractivity contribution in [3.05, 3.63) is 65.4 Å². The highest BCUT2D eigenvalue weighted by Gasteiger charge is 2.33. The lowest BCUT2D eigenvalue weighted by Gasteiger charge is -2.36. The molecule has 1 heterocycles. The molecule has 0 aliphatic carbocycles. The van der Waals surface area contributed by atoms with Crippen LogP contribution in [0, 0.1) is 0 Å². The molecule has 3 N–H and O–H groups in total. The first-order chi connectivity index (χ1) is 15.9. The van der Waals surface area contributed by atoms with Crippen LogP contribution in [0.2, 0.25) is 0 Å². The van der Waals surface area contributed by atoms with E-state index in [1.165, 1.54) is 7.11 Å². The topological polar surface area (TPSA) is 91.9 Å². The van der Waals surface area contributed by atoms with Crippen molar-refractivity contribution < 1.29 is 19.1 Å². The number of para-hydroxylation sites is 2. The van der Waals surface area contributed by atoms with Gasteiger partial charge in [-0.3, -0.25) is 0 Å². The number of benzene rings is 2. The summed E-state index contributed by atoms with van der Waals surface area (Å²) in [5.74, 6) is 0.184. The van der Waals surface area contributed by atoms with Crippen LogP contribution < -0.4 is 20.7 Å². The number of amides is 2. The SMILES string of the molecule is CCOc1ccccc1NC(=O)Nc1ccc(C2NC(=S)N(CC)C(C)=C2C(=O)OC)cc1. The Hall–Kier alpha value is -3.59. The number of hydrogen-bond acceptors (Lipinski definition) is 5. The van der Waals surface area contributed by atoms with Crippen LogP contribution in [0.3, 0.4) is 0 Å². The van der Waals surface area contributed by atoms with Gasteiger partial charge < -0.3 is 30.3 Å². The summed E-state index contributed by atoms with van der Waals surface area (Å²) in [4.78, 5) is 26.9. The maximum Gasteiger partial charge on any atom is 0.337 e. The van der Waals surface area contributed by atoms with Gasteiger partial charge in [0.1, 0.15) is 5.75 Å². The second-order valence-corrected chi connectivity index (χ2v) is 7.63. The molecule has 2 aromatic carbocycles. The standard InChI is InChI=1S/C24H28N4O4S/c1-5-28-15(3)20(22(29)31-4)21(27-24(28)33)16-11-13-17(14-12-16)25-23(30)26-18-9-7-8-10-19(18)32-6-2/h7-14,21H,5-6H2,1-4H3,(H,27,33)(H2,25,26,30). The third-order valence-electron chi connectivity index (χ3n) is 5.25. The minimum atomic E-state index is -0.450. The molecular formula is C24H28N4O4S. The molecule has 1 unspecified atom stereocenters. The number of hydrogen-bond donors (Lipinski definition) is 3. The van der Waals surface area contributed by atoms with Gasteiger partial charge in [-0.05, 0) is 62.8 Å². The molecule has 0 aromatic heterocycles. The van der Waals surface area contributed by atoms with Gasteiger partial charge in [0.25, 0.3) is 0 Å². The molecule has 0 saturated heterocycles. The Morgan fingerprint density at radius 1 is 1.09 bits per heavy atom. The molecule has 3 rings (SSSR count). The van der Waals surface area contributed by atoms with E-state index >= 15 is 0 Å². The van der Waals surface area contributed by atoms with Crippen LogP contribution in [0.4, 0.5) is 16.2 Å². The fraction of sp³-hybridized carbons (Fsp3) is 0.292. The molecule has 8 nitrogen and oxygen atoms in total. The van der Waals surface area contributed by atoms with Crippen LogP contribution in [0.25, 0.3) is 0 Å². The number of anilines is 2. The Kier molecular flexibility index (Phi) is 7.89. The van der Waals surface area contributed by atoms with Gasteiger partial charge in [0.15, 0.2) is 5.11 Å². The summed E-state index contributed by atoms with van der Waals surface area (Å²) in [5, 5.41) is 9.37. The molecule has 1 atom stereocenters. The summed E-state index contributed by atoms with van der Waals surface area (Å²) in [6, 6.07) is 13.6. The average molecular weight is 469 g/mol. The summed E-state index contributed by atoms with van der Waals surface area (Å²) in [5.41, 5.74) is 3.25. The van der Waals surface area contributed by atoms with Gasteiger partial charge in [-0.15, -0.1) is 0 Å². The monoisotopic (exact) mass is 468 g/mol. The average Bonchev–Trinajstić information content (AvgIpc) is 2.80. The molecule has 2 aromatic rings. The number of methoxy groups -OCH3 is 1. The molecule has 0 bridgehead atoms. The molecule has 1 aliphatic rings. The van der Waals surface area contributed by atoms with Crippen molar-refractivity contribution in [1.29, 1.82) is 0 Å². The van der Waals surface area contributed by atoms with Crippen LogP contribution >= 0.6 is 12.2 Å². The molecule has 2 amide bonds. The molecule has 9 heteroatoms. The molecule has 0 fully saturated rings. The smallest absolute Gasteiger partial charge is 0.337 e. The normalized spacial score (nSPS) is 15.6. The third-order valence-corrected chi connectivity index (χ3v) is 5.59. The largest absolute Gasteiger partial charge is 0.492 e. The van der Waals surface area contributed by atoms with Gasteiger partial charge in [0, 0.05) is 17.9 Å². The van der Waals surface area contributed by atoms with E-state index in [1.54, 1.807) is 24.3 Å². The highest BCUT2D eigenvalue weighted by Crippen LogP contribution is 2.32. The summed E-state index contributed by atoms with van der Waals surface area (Å²) in [6.07, 6.45) is 0. The molecule has 0 saturated carbocycles.